The molecule has 2 heterocycles. The van der Waals surface area contributed by atoms with Crippen LogP contribution in [0.2, 0.25) is 0 Å². The molecule has 0 bridgehead atoms. The molecule has 3 aromatic carbocycles. The zero-order valence-electron chi connectivity index (χ0n) is 21.4. The number of allylic oxidation sites excluding steroid dienone is 1. The molecule has 0 spiro atoms. The van der Waals surface area contributed by atoms with Crippen molar-refractivity contribution in [3.63, 3.8) is 0 Å². The van der Waals surface area contributed by atoms with Crippen molar-refractivity contribution < 1.29 is 9.18 Å². The zero-order chi connectivity index (χ0) is 26.3. The van der Waals surface area contributed by atoms with Crippen LogP contribution in [0.15, 0.2) is 91.6 Å². The van der Waals surface area contributed by atoms with Crippen LogP contribution in [0.3, 0.4) is 0 Å². The van der Waals surface area contributed by atoms with E-state index < -0.39 is 5.82 Å². The summed E-state index contributed by atoms with van der Waals surface area (Å²) in [6.07, 6.45) is 7.33. The van der Waals surface area contributed by atoms with E-state index in [2.05, 4.69) is 46.0 Å². The smallest absolute Gasteiger partial charge is 0.227 e. The average molecular weight is 507 g/mol. The fourth-order valence-corrected chi connectivity index (χ4v) is 4.84. The molecule has 1 aromatic heterocycles. The number of carbonyl (C=O) groups is 1. The number of nitrogens with one attached hydrogen (secondary N) is 1. The minimum absolute atomic E-state index is 0.0450. The van der Waals surface area contributed by atoms with Crippen molar-refractivity contribution in [2.24, 2.45) is 0 Å². The molecule has 1 N–H and O–H groups in total. The number of hydrogen-bond donors (Lipinski definition) is 1. The second kappa shape index (κ2) is 11.8. The first-order valence-electron chi connectivity index (χ1n) is 13.0. The summed E-state index contributed by atoms with van der Waals surface area (Å²) in [4.78, 5) is 23.9. The van der Waals surface area contributed by atoms with Gasteiger partial charge >= 0.3 is 0 Å². The number of aromatic nitrogens is 2. The minimum Gasteiger partial charge on any atom is -0.371 e. The molecule has 0 atom stereocenters. The van der Waals surface area contributed by atoms with Gasteiger partial charge in [-0.1, -0.05) is 43.0 Å². The van der Waals surface area contributed by atoms with Crippen LogP contribution in [0.1, 0.15) is 36.0 Å². The quantitative estimate of drug-likeness (QED) is 0.250. The summed E-state index contributed by atoms with van der Waals surface area (Å²) in [5, 5.41) is 3.36. The molecule has 1 aliphatic heterocycles. The Labute approximate surface area is 223 Å². The molecule has 5 nitrogen and oxygen atoms in total. The Morgan fingerprint density at radius 2 is 1.79 bits per heavy atom. The van der Waals surface area contributed by atoms with Crippen LogP contribution in [0, 0.1) is 5.82 Å². The van der Waals surface area contributed by atoms with Gasteiger partial charge in [-0.3, -0.25) is 4.79 Å². The van der Waals surface area contributed by atoms with E-state index in [0.29, 0.717) is 23.6 Å². The summed E-state index contributed by atoms with van der Waals surface area (Å²) in [7, 11) is 0. The number of halogens is 1. The Bertz CT molecular complexity index is 1430. The van der Waals surface area contributed by atoms with E-state index in [1.807, 2.05) is 36.5 Å². The SMILES string of the molecule is C=CC(=O)Cc1cc(-c2nc(Nc3cccc(N4CCCCC4)c3)ncc2Cc2ccccc2)ccc1F. The summed E-state index contributed by atoms with van der Waals surface area (Å²) in [6.45, 7) is 5.65. The van der Waals surface area contributed by atoms with Crippen LogP contribution >= 0.6 is 0 Å². The molecule has 0 amide bonds. The number of benzene rings is 3. The highest BCUT2D eigenvalue weighted by atomic mass is 19.1. The van der Waals surface area contributed by atoms with Gasteiger partial charge in [-0.25, -0.2) is 14.4 Å². The average Bonchev–Trinajstić information content (AvgIpc) is 2.96. The van der Waals surface area contributed by atoms with Crippen molar-refractivity contribution >= 4 is 23.1 Å². The molecule has 0 saturated carbocycles. The van der Waals surface area contributed by atoms with E-state index in [9.17, 15) is 9.18 Å². The van der Waals surface area contributed by atoms with Gasteiger partial charge in [0.2, 0.25) is 5.95 Å². The van der Waals surface area contributed by atoms with Crippen molar-refractivity contribution in [1.82, 2.24) is 9.97 Å². The van der Waals surface area contributed by atoms with E-state index in [1.54, 1.807) is 12.1 Å². The Balaban J connectivity index is 1.49. The van der Waals surface area contributed by atoms with Crippen LogP contribution in [0.5, 0.6) is 0 Å². The maximum absolute atomic E-state index is 14.6. The Kier molecular flexibility index (Phi) is 7.88. The lowest BCUT2D eigenvalue weighted by Crippen LogP contribution is -2.29. The van der Waals surface area contributed by atoms with E-state index in [4.69, 9.17) is 4.98 Å². The molecule has 5 rings (SSSR count). The van der Waals surface area contributed by atoms with Crippen LogP contribution in [-0.4, -0.2) is 28.8 Å². The molecule has 1 fully saturated rings. The molecule has 6 heteroatoms. The fourth-order valence-electron chi connectivity index (χ4n) is 4.84. The van der Waals surface area contributed by atoms with Gasteiger partial charge in [0.1, 0.15) is 5.82 Å². The first-order valence-corrected chi connectivity index (χ1v) is 13.0. The molecule has 0 aliphatic carbocycles. The number of anilines is 3. The second-order valence-corrected chi connectivity index (χ2v) is 9.61. The fraction of sp³-hybridized carbons (Fsp3) is 0.219. The van der Waals surface area contributed by atoms with Gasteiger partial charge in [0.25, 0.3) is 0 Å². The van der Waals surface area contributed by atoms with E-state index in [0.717, 1.165) is 35.5 Å². The van der Waals surface area contributed by atoms with Crippen LogP contribution in [0.25, 0.3) is 11.3 Å². The Morgan fingerprint density at radius 3 is 2.58 bits per heavy atom. The monoisotopic (exact) mass is 506 g/mol. The van der Waals surface area contributed by atoms with Crippen molar-refractivity contribution in [2.75, 3.05) is 23.3 Å². The predicted molar refractivity (Wildman–Crippen MR) is 151 cm³/mol. The third-order valence-corrected chi connectivity index (χ3v) is 6.84. The van der Waals surface area contributed by atoms with Crippen molar-refractivity contribution in [1.29, 1.82) is 0 Å². The normalized spacial score (nSPS) is 13.2. The van der Waals surface area contributed by atoms with Crippen LogP contribution in [-0.2, 0) is 17.6 Å². The molecule has 38 heavy (non-hydrogen) atoms. The predicted octanol–water partition coefficient (Wildman–Crippen LogP) is 6.91. The molecule has 1 saturated heterocycles. The van der Waals surface area contributed by atoms with Crippen LogP contribution in [0.4, 0.5) is 21.7 Å². The van der Waals surface area contributed by atoms with Crippen molar-refractivity contribution in [3.8, 4) is 11.3 Å². The third-order valence-electron chi connectivity index (χ3n) is 6.84. The summed E-state index contributed by atoms with van der Waals surface area (Å²) < 4.78 is 14.6. The van der Waals surface area contributed by atoms with Crippen molar-refractivity contribution in [3.05, 3.63) is 114 Å². The Morgan fingerprint density at radius 1 is 0.974 bits per heavy atom. The lowest BCUT2D eigenvalue weighted by Gasteiger charge is -2.29. The van der Waals surface area contributed by atoms with Crippen LogP contribution < -0.4 is 10.2 Å². The first kappa shape index (κ1) is 25.3. The molecule has 1 aliphatic rings. The lowest BCUT2D eigenvalue weighted by molar-refractivity contribution is -0.114. The zero-order valence-corrected chi connectivity index (χ0v) is 21.4. The van der Waals surface area contributed by atoms with E-state index in [1.165, 1.54) is 37.1 Å². The van der Waals surface area contributed by atoms with Gasteiger partial charge in [-0.15, -0.1) is 0 Å². The van der Waals surface area contributed by atoms with Gasteiger partial charge in [0.05, 0.1) is 5.69 Å². The van der Waals surface area contributed by atoms with Gasteiger partial charge in [0.15, 0.2) is 5.78 Å². The molecular weight excluding hydrogens is 475 g/mol. The van der Waals surface area contributed by atoms with E-state index in [-0.39, 0.29) is 12.2 Å². The number of carbonyl (C=O) groups excluding carboxylic acids is 1. The summed E-state index contributed by atoms with van der Waals surface area (Å²) in [6, 6.07) is 23.2. The largest absolute Gasteiger partial charge is 0.371 e. The van der Waals surface area contributed by atoms with Gasteiger partial charge < -0.3 is 10.2 Å². The topological polar surface area (TPSA) is 58.1 Å². The molecule has 0 radical (unpaired) electrons. The van der Waals surface area contributed by atoms with E-state index >= 15 is 0 Å². The maximum Gasteiger partial charge on any atom is 0.227 e. The molecular formula is C32H31FN4O. The first-order chi connectivity index (χ1) is 18.6. The van der Waals surface area contributed by atoms with Gasteiger partial charge in [-0.2, -0.15) is 0 Å². The van der Waals surface area contributed by atoms with Gasteiger partial charge in [0, 0.05) is 54.6 Å². The number of nitrogens with zero attached hydrogens (tertiary/aromatic N) is 3. The minimum atomic E-state index is -0.421. The highest BCUT2D eigenvalue weighted by molar-refractivity contribution is 5.91. The highest BCUT2D eigenvalue weighted by Gasteiger charge is 2.15. The van der Waals surface area contributed by atoms with Crippen molar-refractivity contribution in [2.45, 2.75) is 32.1 Å². The summed E-state index contributed by atoms with van der Waals surface area (Å²) in [5.74, 6) is -0.194. The third kappa shape index (κ3) is 6.14. The maximum atomic E-state index is 14.6. The second-order valence-electron chi connectivity index (χ2n) is 9.61. The highest BCUT2D eigenvalue weighted by Crippen LogP contribution is 2.29. The number of piperidine rings is 1. The molecule has 4 aromatic rings. The standard InChI is InChI=1S/C32H31FN4O/c1-2-29(38)20-25-19-24(14-15-30(25)33)31-26(18-23-10-5-3-6-11-23)22-34-32(36-31)35-27-12-9-13-28(21-27)37-16-7-4-8-17-37/h2-3,5-6,9-15,19,21-22H,1,4,7-8,16-18,20H2,(H,34,35,36). The molecule has 0 unspecified atom stereocenters. The summed E-state index contributed by atoms with van der Waals surface area (Å²) in [5.41, 5.74) is 5.88. The lowest BCUT2D eigenvalue weighted by atomic mass is 9.98. The summed E-state index contributed by atoms with van der Waals surface area (Å²) >= 11 is 0. The molecule has 192 valence electrons. The Hall–Kier alpha value is -4.32. The van der Waals surface area contributed by atoms with Gasteiger partial charge in [-0.05, 0) is 72.9 Å². The number of hydrogen-bond acceptors (Lipinski definition) is 5. The number of ketones is 1. The number of rotatable bonds is 9.